The molecule has 1 N–H and O–H groups in total. The Balaban J connectivity index is 1.95. The summed E-state index contributed by atoms with van der Waals surface area (Å²) in [7, 11) is 1.76. The number of ether oxygens (including phenoxy) is 1. The lowest BCUT2D eigenvalue weighted by molar-refractivity contribution is 0.117. The van der Waals surface area contributed by atoms with Crippen molar-refractivity contribution < 1.29 is 9.13 Å². The van der Waals surface area contributed by atoms with Crippen LogP contribution >= 0.6 is 0 Å². The molecule has 1 fully saturated rings. The Kier molecular flexibility index (Phi) is 4.55. The molecule has 0 bridgehead atoms. The quantitative estimate of drug-likeness (QED) is 0.868. The molecule has 1 aromatic carbocycles. The van der Waals surface area contributed by atoms with Crippen molar-refractivity contribution in [1.82, 2.24) is 5.32 Å². The Morgan fingerprint density at radius 3 is 2.67 bits per heavy atom. The molecule has 0 aromatic heterocycles. The second-order valence-electron chi connectivity index (χ2n) is 4.71. The molecular weight excluding hydrogens is 231 g/mol. The third-order valence-electron chi connectivity index (χ3n) is 3.53. The summed E-state index contributed by atoms with van der Waals surface area (Å²) in [6.07, 6.45) is 1.36. The number of rotatable bonds is 5. The smallest absolute Gasteiger partial charge is 0.123 e. The van der Waals surface area contributed by atoms with Crippen LogP contribution in [-0.2, 0) is 4.74 Å². The number of hydrogen-bond acceptors (Lipinski definition) is 3. The Hall–Kier alpha value is -1.13. The number of halogens is 1. The largest absolute Gasteiger partial charge is 0.380 e. The molecule has 0 radical (unpaired) electrons. The lowest BCUT2D eigenvalue weighted by atomic mass is 10.1. The predicted molar refractivity (Wildman–Crippen MR) is 71.5 cm³/mol. The maximum atomic E-state index is 12.9. The summed E-state index contributed by atoms with van der Waals surface area (Å²) in [6, 6.07) is 7.14. The first-order valence-corrected chi connectivity index (χ1v) is 6.49. The average molecular weight is 252 g/mol. The SMILES string of the molecule is CCN(CC1CC(OC)CN1)c1ccc(F)cc1. The Morgan fingerprint density at radius 2 is 2.11 bits per heavy atom. The van der Waals surface area contributed by atoms with Crippen LogP contribution in [0.5, 0.6) is 0 Å². The summed E-state index contributed by atoms with van der Waals surface area (Å²) in [5, 5.41) is 3.46. The molecule has 1 saturated heterocycles. The molecule has 2 unspecified atom stereocenters. The van der Waals surface area contributed by atoms with E-state index >= 15 is 0 Å². The zero-order valence-corrected chi connectivity index (χ0v) is 11.0. The summed E-state index contributed by atoms with van der Waals surface area (Å²) < 4.78 is 18.3. The fourth-order valence-electron chi connectivity index (χ4n) is 2.44. The van der Waals surface area contributed by atoms with Gasteiger partial charge in [-0.3, -0.25) is 0 Å². The van der Waals surface area contributed by atoms with E-state index in [1.165, 1.54) is 12.1 Å². The zero-order valence-electron chi connectivity index (χ0n) is 11.0. The van der Waals surface area contributed by atoms with Crippen molar-refractivity contribution in [2.75, 3.05) is 31.6 Å². The van der Waals surface area contributed by atoms with Gasteiger partial charge in [0.2, 0.25) is 0 Å². The molecule has 0 amide bonds. The van der Waals surface area contributed by atoms with Gasteiger partial charge in [-0.05, 0) is 37.6 Å². The second kappa shape index (κ2) is 6.16. The highest BCUT2D eigenvalue weighted by Gasteiger charge is 2.25. The van der Waals surface area contributed by atoms with E-state index in [0.29, 0.717) is 12.1 Å². The molecule has 2 atom stereocenters. The number of hydrogen-bond donors (Lipinski definition) is 1. The van der Waals surface area contributed by atoms with Gasteiger partial charge in [-0.1, -0.05) is 0 Å². The average Bonchev–Trinajstić information content (AvgIpc) is 2.85. The van der Waals surface area contributed by atoms with Crippen LogP contribution in [0, 0.1) is 5.82 Å². The summed E-state index contributed by atoms with van der Waals surface area (Å²) in [5.41, 5.74) is 1.07. The van der Waals surface area contributed by atoms with Gasteiger partial charge in [0.15, 0.2) is 0 Å². The van der Waals surface area contributed by atoms with Gasteiger partial charge in [-0.2, -0.15) is 0 Å². The zero-order chi connectivity index (χ0) is 13.0. The van der Waals surface area contributed by atoms with Gasteiger partial charge in [0.25, 0.3) is 0 Å². The first-order valence-electron chi connectivity index (χ1n) is 6.49. The van der Waals surface area contributed by atoms with E-state index in [1.54, 1.807) is 7.11 Å². The molecule has 1 aliphatic heterocycles. The van der Waals surface area contributed by atoms with Crippen LogP contribution in [0.15, 0.2) is 24.3 Å². The van der Waals surface area contributed by atoms with E-state index in [4.69, 9.17) is 4.74 Å². The van der Waals surface area contributed by atoms with Gasteiger partial charge in [0.05, 0.1) is 6.10 Å². The molecular formula is C14H21FN2O. The van der Waals surface area contributed by atoms with Gasteiger partial charge in [0.1, 0.15) is 5.82 Å². The van der Waals surface area contributed by atoms with Crippen LogP contribution in [0.2, 0.25) is 0 Å². The number of benzene rings is 1. The minimum absolute atomic E-state index is 0.187. The van der Waals surface area contributed by atoms with Gasteiger partial charge in [-0.25, -0.2) is 4.39 Å². The lowest BCUT2D eigenvalue weighted by Gasteiger charge is -2.26. The number of nitrogens with one attached hydrogen (secondary N) is 1. The van der Waals surface area contributed by atoms with E-state index in [1.807, 2.05) is 12.1 Å². The molecule has 1 aromatic rings. The topological polar surface area (TPSA) is 24.5 Å². The van der Waals surface area contributed by atoms with Gasteiger partial charge in [-0.15, -0.1) is 0 Å². The van der Waals surface area contributed by atoms with Crippen molar-refractivity contribution in [3.63, 3.8) is 0 Å². The van der Waals surface area contributed by atoms with Crippen LogP contribution in [0.3, 0.4) is 0 Å². The third-order valence-corrected chi connectivity index (χ3v) is 3.53. The molecule has 2 rings (SSSR count). The van der Waals surface area contributed by atoms with Crippen molar-refractivity contribution in [1.29, 1.82) is 0 Å². The van der Waals surface area contributed by atoms with Crippen LogP contribution < -0.4 is 10.2 Å². The minimum atomic E-state index is -0.187. The van der Waals surface area contributed by atoms with E-state index in [9.17, 15) is 4.39 Å². The monoisotopic (exact) mass is 252 g/mol. The maximum Gasteiger partial charge on any atom is 0.123 e. The molecule has 0 saturated carbocycles. The normalized spacial score (nSPS) is 23.3. The lowest BCUT2D eigenvalue weighted by Crippen LogP contribution is -2.37. The first kappa shape index (κ1) is 13.3. The fraction of sp³-hybridized carbons (Fsp3) is 0.571. The molecule has 1 aliphatic rings. The molecule has 0 aliphatic carbocycles. The summed E-state index contributed by atoms with van der Waals surface area (Å²) >= 11 is 0. The highest BCUT2D eigenvalue weighted by atomic mass is 19.1. The van der Waals surface area contributed by atoms with Crippen LogP contribution in [-0.4, -0.2) is 38.9 Å². The Labute approximate surface area is 108 Å². The minimum Gasteiger partial charge on any atom is -0.380 e. The Morgan fingerprint density at radius 1 is 1.39 bits per heavy atom. The second-order valence-corrected chi connectivity index (χ2v) is 4.71. The molecule has 1 heterocycles. The van der Waals surface area contributed by atoms with Crippen molar-refractivity contribution in [2.45, 2.75) is 25.5 Å². The number of anilines is 1. The number of methoxy groups -OCH3 is 1. The first-order chi connectivity index (χ1) is 8.72. The van der Waals surface area contributed by atoms with Crippen molar-refractivity contribution >= 4 is 5.69 Å². The molecule has 4 heteroatoms. The van der Waals surface area contributed by atoms with E-state index in [-0.39, 0.29) is 5.82 Å². The summed E-state index contributed by atoms with van der Waals surface area (Å²) in [4.78, 5) is 2.26. The van der Waals surface area contributed by atoms with E-state index in [2.05, 4.69) is 17.1 Å². The number of nitrogens with zero attached hydrogens (tertiary/aromatic N) is 1. The predicted octanol–water partition coefficient (Wildman–Crippen LogP) is 2.03. The van der Waals surface area contributed by atoms with Crippen LogP contribution in [0.25, 0.3) is 0 Å². The fourth-order valence-corrected chi connectivity index (χ4v) is 2.44. The molecule has 3 nitrogen and oxygen atoms in total. The third kappa shape index (κ3) is 3.21. The van der Waals surface area contributed by atoms with E-state index < -0.39 is 0 Å². The van der Waals surface area contributed by atoms with E-state index in [0.717, 1.165) is 31.7 Å². The molecule has 0 spiro atoms. The van der Waals surface area contributed by atoms with Gasteiger partial charge in [0, 0.05) is 38.5 Å². The molecule has 18 heavy (non-hydrogen) atoms. The van der Waals surface area contributed by atoms with Crippen LogP contribution in [0.1, 0.15) is 13.3 Å². The highest BCUT2D eigenvalue weighted by Crippen LogP contribution is 2.18. The standard InChI is InChI=1S/C14H21FN2O/c1-3-17(13-6-4-11(15)5-7-13)10-12-8-14(18-2)9-16-12/h4-7,12,14,16H,3,8-10H2,1-2H3. The van der Waals surface area contributed by atoms with Crippen LogP contribution in [0.4, 0.5) is 10.1 Å². The molecule has 100 valence electrons. The summed E-state index contributed by atoms with van der Waals surface area (Å²) in [5.74, 6) is -0.187. The maximum absolute atomic E-state index is 12.9. The van der Waals surface area contributed by atoms with Gasteiger partial charge >= 0.3 is 0 Å². The Bertz CT molecular complexity index is 369. The van der Waals surface area contributed by atoms with Crippen molar-refractivity contribution in [3.05, 3.63) is 30.1 Å². The van der Waals surface area contributed by atoms with Crippen molar-refractivity contribution in [2.24, 2.45) is 0 Å². The number of likely N-dealkylation sites (N-methyl/N-ethyl adjacent to an activating group) is 1. The highest BCUT2D eigenvalue weighted by molar-refractivity contribution is 5.46. The van der Waals surface area contributed by atoms with Gasteiger partial charge < -0.3 is 15.0 Å². The van der Waals surface area contributed by atoms with Crippen molar-refractivity contribution in [3.8, 4) is 0 Å². The summed E-state index contributed by atoms with van der Waals surface area (Å²) in [6.45, 7) is 4.89.